The Balaban J connectivity index is 2.10. The van der Waals surface area contributed by atoms with Gasteiger partial charge >= 0.3 is 10.1 Å². The Kier molecular flexibility index (Phi) is 3.21. The molecule has 0 saturated heterocycles. The SMILES string of the molecule is Cc1ccc(S(=O)(=O)Oc2n[nH]c(=O)c3cnn(C)c23)cc1. The summed E-state index contributed by atoms with van der Waals surface area (Å²) in [4.78, 5) is 11.6. The fourth-order valence-electron chi connectivity index (χ4n) is 1.99. The van der Waals surface area contributed by atoms with E-state index in [4.69, 9.17) is 4.18 Å². The van der Waals surface area contributed by atoms with Gasteiger partial charge in [-0.3, -0.25) is 9.48 Å². The van der Waals surface area contributed by atoms with Crippen LogP contribution < -0.4 is 9.74 Å². The van der Waals surface area contributed by atoms with Crippen LogP contribution in [0.25, 0.3) is 10.9 Å². The van der Waals surface area contributed by atoms with Crippen LogP contribution >= 0.6 is 0 Å². The number of rotatable bonds is 3. The lowest BCUT2D eigenvalue weighted by atomic mass is 10.2. The van der Waals surface area contributed by atoms with Gasteiger partial charge in [-0.15, -0.1) is 5.10 Å². The van der Waals surface area contributed by atoms with Crippen molar-refractivity contribution in [3.05, 3.63) is 46.4 Å². The van der Waals surface area contributed by atoms with E-state index in [0.717, 1.165) is 5.56 Å². The van der Waals surface area contributed by atoms with E-state index in [-0.39, 0.29) is 21.7 Å². The Hall–Kier alpha value is -2.68. The number of hydrogen-bond donors (Lipinski definition) is 1. The van der Waals surface area contributed by atoms with Gasteiger partial charge in [-0.25, -0.2) is 5.10 Å². The maximum absolute atomic E-state index is 12.3. The van der Waals surface area contributed by atoms with E-state index >= 15 is 0 Å². The summed E-state index contributed by atoms with van der Waals surface area (Å²) in [5.74, 6) is -0.227. The molecular weight excluding hydrogens is 308 g/mol. The van der Waals surface area contributed by atoms with Crippen LogP contribution in [0.1, 0.15) is 5.56 Å². The zero-order valence-electron chi connectivity index (χ0n) is 11.8. The molecule has 1 N–H and O–H groups in total. The highest BCUT2D eigenvalue weighted by molar-refractivity contribution is 7.87. The molecule has 1 aromatic carbocycles. The van der Waals surface area contributed by atoms with E-state index in [2.05, 4.69) is 15.3 Å². The molecule has 8 nitrogen and oxygen atoms in total. The topological polar surface area (TPSA) is 107 Å². The van der Waals surface area contributed by atoms with Gasteiger partial charge in [-0.05, 0) is 19.1 Å². The van der Waals surface area contributed by atoms with Gasteiger partial charge in [0.25, 0.3) is 11.4 Å². The molecule has 0 spiro atoms. The lowest BCUT2D eigenvalue weighted by Crippen LogP contribution is -2.15. The predicted octanol–water partition coefficient (Wildman–Crippen LogP) is 0.733. The molecule has 0 aliphatic heterocycles. The highest BCUT2D eigenvalue weighted by atomic mass is 32.2. The summed E-state index contributed by atoms with van der Waals surface area (Å²) in [7, 11) is -2.49. The molecule has 0 aliphatic rings. The summed E-state index contributed by atoms with van der Waals surface area (Å²) < 4.78 is 31.0. The third kappa shape index (κ3) is 2.35. The Morgan fingerprint density at radius 3 is 2.59 bits per heavy atom. The molecule has 0 radical (unpaired) electrons. The number of nitrogens with zero attached hydrogens (tertiary/aromatic N) is 3. The van der Waals surface area contributed by atoms with E-state index in [0.29, 0.717) is 0 Å². The van der Waals surface area contributed by atoms with Crippen molar-refractivity contribution in [1.29, 1.82) is 0 Å². The van der Waals surface area contributed by atoms with Crippen LogP contribution in [0.5, 0.6) is 5.88 Å². The van der Waals surface area contributed by atoms with Crippen molar-refractivity contribution in [3.8, 4) is 5.88 Å². The lowest BCUT2D eigenvalue weighted by molar-refractivity contribution is 0.473. The molecule has 0 unspecified atom stereocenters. The highest BCUT2D eigenvalue weighted by Gasteiger charge is 2.21. The highest BCUT2D eigenvalue weighted by Crippen LogP contribution is 2.22. The standard InChI is InChI=1S/C13H12N4O4S/c1-8-3-5-9(6-4-8)22(19,20)21-13-11-10(7-14-17(11)2)12(18)15-16-13/h3-7H,1-2H3,(H,15,18). The first-order valence-corrected chi connectivity index (χ1v) is 7.71. The normalized spacial score (nSPS) is 11.7. The molecule has 0 fully saturated rings. The van der Waals surface area contributed by atoms with Crippen molar-refractivity contribution >= 4 is 21.0 Å². The third-order valence-electron chi connectivity index (χ3n) is 3.14. The van der Waals surface area contributed by atoms with Crippen molar-refractivity contribution in [1.82, 2.24) is 20.0 Å². The minimum atomic E-state index is -4.05. The molecule has 0 saturated carbocycles. The first kappa shape index (κ1) is 14.3. The van der Waals surface area contributed by atoms with Crippen molar-refractivity contribution < 1.29 is 12.6 Å². The zero-order chi connectivity index (χ0) is 15.9. The first-order chi connectivity index (χ1) is 10.4. The minimum absolute atomic E-state index is 0.00131. The molecule has 0 amide bonds. The number of hydrogen-bond acceptors (Lipinski definition) is 6. The summed E-state index contributed by atoms with van der Waals surface area (Å²) in [6.07, 6.45) is 1.32. The molecule has 9 heteroatoms. The number of H-pyrrole nitrogens is 1. The van der Waals surface area contributed by atoms with Crippen molar-refractivity contribution in [3.63, 3.8) is 0 Å². The van der Waals surface area contributed by atoms with E-state index in [1.54, 1.807) is 19.2 Å². The Bertz CT molecular complexity index is 1000. The average molecular weight is 320 g/mol. The van der Waals surface area contributed by atoms with Crippen LogP contribution in [0.2, 0.25) is 0 Å². The second kappa shape index (κ2) is 4.95. The summed E-state index contributed by atoms with van der Waals surface area (Å²) in [6.45, 7) is 1.85. The molecular formula is C13H12N4O4S. The third-order valence-corrected chi connectivity index (χ3v) is 4.37. The Labute approximate surface area is 125 Å². The fourth-order valence-corrected chi connectivity index (χ4v) is 2.88. The largest absolute Gasteiger partial charge is 0.354 e. The monoisotopic (exact) mass is 320 g/mol. The number of benzene rings is 1. The fraction of sp³-hybridized carbons (Fsp3) is 0.154. The van der Waals surface area contributed by atoms with Gasteiger partial charge in [0.15, 0.2) is 0 Å². The van der Waals surface area contributed by atoms with Crippen molar-refractivity contribution in [2.45, 2.75) is 11.8 Å². The number of aromatic nitrogens is 4. The second-order valence-electron chi connectivity index (χ2n) is 4.74. The Morgan fingerprint density at radius 1 is 1.23 bits per heavy atom. The van der Waals surface area contributed by atoms with Gasteiger partial charge in [-0.2, -0.15) is 13.5 Å². The maximum Gasteiger partial charge on any atom is 0.340 e. The van der Waals surface area contributed by atoms with E-state index in [1.807, 2.05) is 6.92 Å². The summed E-state index contributed by atoms with van der Waals surface area (Å²) in [5, 5.41) is 9.97. The summed E-state index contributed by atoms with van der Waals surface area (Å²) in [5.41, 5.74) is 0.665. The van der Waals surface area contributed by atoms with E-state index in [9.17, 15) is 13.2 Å². The average Bonchev–Trinajstić information content (AvgIpc) is 2.86. The van der Waals surface area contributed by atoms with E-state index < -0.39 is 15.7 Å². The molecule has 0 aliphatic carbocycles. The predicted molar refractivity (Wildman–Crippen MR) is 78.1 cm³/mol. The molecule has 2 aromatic heterocycles. The van der Waals surface area contributed by atoms with Crippen LogP contribution in [0.15, 0.2) is 40.2 Å². The van der Waals surface area contributed by atoms with Gasteiger partial charge in [0, 0.05) is 7.05 Å². The van der Waals surface area contributed by atoms with Gasteiger partial charge < -0.3 is 4.18 Å². The molecule has 2 heterocycles. The number of aromatic amines is 1. The zero-order valence-corrected chi connectivity index (χ0v) is 12.6. The molecule has 0 bridgehead atoms. The van der Waals surface area contributed by atoms with Crippen molar-refractivity contribution in [2.24, 2.45) is 7.05 Å². The molecule has 0 atom stereocenters. The van der Waals surface area contributed by atoms with Gasteiger partial charge in [0.2, 0.25) is 0 Å². The first-order valence-electron chi connectivity index (χ1n) is 6.30. The quantitative estimate of drug-likeness (QED) is 0.713. The maximum atomic E-state index is 12.3. The van der Waals surface area contributed by atoms with Crippen LogP contribution in [0.3, 0.4) is 0 Å². The van der Waals surface area contributed by atoms with Gasteiger partial charge in [0.05, 0.1) is 11.6 Å². The molecule has 22 heavy (non-hydrogen) atoms. The van der Waals surface area contributed by atoms with Crippen molar-refractivity contribution in [2.75, 3.05) is 0 Å². The summed E-state index contributed by atoms with van der Waals surface area (Å²) >= 11 is 0. The minimum Gasteiger partial charge on any atom is -0.354 e. The van der Waals surface area contributed by atoms with Gasteiger partial charge in [-0.1, -0.05) is 17.7 Å². The Morgan fingerprint density at radius 2 is 1.91 bits per heavy atom. The van der Waals surface area contributed by atoms with Crippen LogP contribution in [0.4, 0.5) is 0 Å². The molecule has 114 valence electrons. The smallest absolute Gasteiger partial charge is 0.340 e. The van der Waals surface area contributed by atoms with Crippen LogP contribution in [-0.4, -0.2) is 28.4 Å². The van der Waals surface area contributed by atoms with Crippen LogP contribution in [0, 0.1) is 6.92 Å². The molecule has 3 rings (SSSR count). The lowest BCUT2D eigenvalue weighted by Gasteiger charge is -2.07. The second-order valence-corrected chi connectivity index (χ2v) is 6.29. The van der Waals surface area contributed by atoms with E-state index in [1.165, 1.54) is 23.0 Å². The van der Waals surface area contributed by atoms with Gasteiger partial charge in [0.1, 0.15) is 10.4 Å². The number of nitrogens with one attached hydrogen (secondary N) is 1. The summed E-state index contributed by atoms with van der Waals surface area (Å²) in [6, 6.07) is 6.21. The van der Waals surface area contributed by atoms with Crippen LogP contribution in [-0.2, 0) is 17.2 Å². The number of aryl methyl sites for hydroxylation is 2. The molecule has 3 aromatic rings. The number of fused-ring (bicyclic) bond motifs is 1.